The van der Waals surface area contributed by atoms with Crippen LogP contribution in [0.3, 0.4) is 0 Å². The number of aliphatic hydroxyl groups is 1. The number of benzene rings is 2. The quantitative estimate of drug-likeness (QED) is 0.803. The highest BCUT2D eigenvalue weighted by atomic mass is 28.3. The van der Waals surface area contributed by atoms with E-state index in [1.54, 1.807) is 0 Å². The van der Waals surface area contributed by atoms with E-state index in [0.717, 1.165) is 5.56 Å². The van der Waals surface area contributed by atoms with E-state index < -0.39 is 13.7 Å². The highest BCUT2D eigenvalue weighted by Gasteiger charge is 2.45. The van der Waals surface area contributed by atoms with Gasteiger partial charge in [-0.15, -0.1) is 0 Å². The predicted octanol–water partition coefficient (Wildman–Crippen LogP) is 4.59. The zero-order chi connectivity index (χ0) is 15.3. The Bertz CT molecular complexity index is 706. The summed E-state index contributed by atoms with van der Waals surface area (Å²) in [5.41, 5.74) is 3.83. The van der Waals surface area contributed by atoms with Crippen LogP contribution < -0.4 is 0 Å². The molecule has 1 N–H and O–H groups in total. The van der Waals surface area contributed by atoms with Crippen LogP contribution in [-0.4, -0.2) is 13.2 Å². The maximum atomic E-state index is 11.3. The average molecular weight is 294 g/mol. The van der Waals surface area contributed by atoms with Gasteiger partial charge in [0.05, 0.1) is 8.07 Å². The van der Waals surface area contributed by atoms with E-state index in [0.29, 0.717) is 0 Å². The van der Waals surface area contributed by atoms with Gasteiger partial charge < -0.3 is 5.11 Å². The topological polar surface area (TPSA) is 20.2 Å². The molecule has 0 amide bonds. The number of fused-ring (bicyclic) bond motifs is 1. The molecule has 3 rings (SSSR count). The van der Waals surface area contributed by atoms with Crippen molar-refractivity contribution in [3.8, 4) is 0 Å². The molecule has 2 aromatic rings. The number of hydrogen-bond acceptors (Lipinski definition) is 1. The fourth-order valence-electron chi connectivity index (χ4n) is 3.65. The lowest BCUT2D eigenvalue weighted by molar-refractivity contribution is 0.108. The fourth-order valence-corrected chi connectivity index (χ4v) is 6.27. The molecule has 0 heterocycles. The first kappa shape index (κ1) is 14.3. The lowest BCUT2D eigenvalue weighted by Crippen LogP contribution is -2.37. The van der Waals surface area contributed by atoms with Gasteiger partial charge in [0.1, 0.15) is 5.60 Å². The van der Waals surface area contributed by atoms with Crippen LogP contribution in [0, 0.1) is 0 Å². The Morgan fingerprint density at radius 1 is 0.857 bits per heavy atom. The summed E-state index contributed by atoms with van der Waals surface area (Å²) in [6.45, 7) is 8.89. The van der Waals surface area contributed by atoms with Gasteiger partial charge in [-0.25, -0.2) is 0 Å². The van der Waals surface area contributed by atoms with Crippen LogP contribution in [0.1, 0.15) is 23.6 Å². The molecule has 21 heavy (non-hydrogen) atoms. The van der Waals surface area contributed by atoms with Gasteiger partial charge in [0, 0.05) is 0 Å². The molecule has 2 heteroatoms. The normalized spacial score (nSPS) is 21.6. The molecule has 0 spiro atoms. The maximum absolute atomic E-state index is 11.3. The largest absolute Gasteiger partial charge is 0.381 e. The van der Waals surface area contributed by atoms with Gasteiger partial charge in [-0.3, -0.25) is 0 Å². The Morgan fingerprint density at radius 2 is 1.43 bits per heavy atom. The summed E-state index contributed by atoms with van der Waals surface area (Å²) in [6, 6.07) is 18.7. The molecule has 0 bridgehead atoms. The standard InChI is InChI=1S/C19H22OSi/c1-19(20)16-13-9-8-12-15(16)17(18(19)21(2,3)4)14-10-6-5-7-11-14/h5-13,20H,1-4H3. The van der Waals surface area contributed by atoms with Crippen molar-refractivity contribution in [2.45, 2.75) is 32.2 Å². The Morgan fingerprint density at radius 3 is 2.05 bits per heavy atom. The lowest BCUT2D eigenvalue weighted by atomic mass is 9.97. The van der Waals surface area contributed by atoms with E-state index >= 15 is 0 Å². The summed E-state index contributed by atoms with van der Waals surface area (Å²) in [7, 11) is -1.67. The zero-order valence-corrected chi connectivity index (χ0v) is 14.1. The summed E-state index contributed by atoms with van der Waals surface area (Å²) >= 11 is 0. The second-order valence-electron chi connectivity index (χ2n) is 6.98. The van der Waals surface area contributed by atoms with Crippen LogP contribution in [0.5, 0.6) is 0 Å². The molecule has 2 aromatic carbocycles. The van der Waals surface area contributed by atoms with Crippen LogP contribution in [0.4, 0.5) is 0 Å². The second-order valence-corrected chi connectivity index (χ2v) is 12.0. The van der Waals surface area contributed by atoms with Gasteiger partial charge in [0.2, 0.25) is 0 Å². The van der Waals surface area contributed by atoms with Gasteiger partial charge in [-0.2, -0.15) is 0 Å². The third kappa shape index (κ3) is 2.19. The van der Waals surface area contributed by atoms with Crippen LogP contribution in [-0.2, 0) is 5.60 Å². The molecule has 0 aromatic heterocycles. The fraction of sp³-hybridized carbons (Fsp3) is 0.263. The van der Waals surface area contributed by atoms with Crippen molar-refractivity contribution in [2.75, 3.05) is 0 Å². The Labute approximate surface area is 128 Å². The van der Waals surface area contributed by atoms with E-state index in [1.165, 1.54) is 21.9 Å². The molecule has 108 valence electrons. The molecule has 1 nitrogen and oxygen atoms in total. The SMILES string of the molecule is CC1(O)C([Si](C)(C)C)=C(c2ccccc2)c2ccccc21. The number of hydrogen-bond donors (Lipinski definition) is 1. The minimum atomic E-state index is -1.67. The Hall–Kier alpha value is -1.64. The highest BCUT2D eigenvalue weighted by Crippen LogP contribution is 2.50. The van der Waals surface area contributed by atoms with Crippen molar-refractivity contribution in [3.05, 3.63) is 76.5 Å². The van der Waals surface area contributed by atoms with Gasteiger partial charge in [0.15, 0.2) is 0 Å². The molecule has 0 radical (unpaired) electrons. The van der Waals surface area contributed by atoms with Gasteiger partial charge in [-0.1, -0.05) is 74.2 Å². The van der Waals surface area contributed by atoms with Crippen LogP contribution in [0.25, 0.3) is 5.57 Å². The molecule has 0 saturated carbocycles. The van der Waals surface area contributed by atoms with Crippen molar-refractivity contribution in [1.29, 1.82) is 0 Å². The third-order valence-electron chi connectivity index (χ3n) is 4.27. The van der Waals surface area contributed by atoms with Crippen LogP contribution >= 0.6 is 0 Å². The summed E-state index contributed by atoms with van der Waals surface area (Å²) in [5.74, 6) is 0. The molecular weight excluding hydrogens is 272 g/mol. The van der Waals surface area contributed by atoms with Gasteiger partial charge in [-0.05, 0) is 34.4 Å². The summed E-state index contributed by atoms with van der Waals surface area (Å²) < 4.78 is 0. The van der Waals surface area contributed by atoms with E-state index in [4.69, 9.17) is 0 Å². The molecule has 1 aliphatic rings. The monoisotopic (exact) mass is 294 g/mol. The minimum Gasteiger partial charge on any atom is -0.381 e. The average Bonchev–Trinajstić information content (AvgIpc) is 2.68. The molecule has 1 atom stereocenters. The summed E-state index contributed by atoms with van der Waals surface area (Å²) in [6.07, 6.45) is 0. The molecular formula is C19H22OSi. The van der Waals surface area contributed by atoms with E-state index in [-0.39, 0.29) is 0 Å². The lowest BCUT2D eigenvalue weighted by Gasteiger charge is -2.32. The summed E-state index contributed by atoms with van der Waals surface area (Å²) in [4.78, 5) is 0. The van der Waals surface area contributed by atoms with E-state index in [2.05, 4.69) is 62.1 Å². The smallest absolute Gasteiger partial charge is 0.106 e. The molecule has 0 saturated heterocycles. The van der Waals surface area contributed by atoms with E-state index in [1.807, 2.05) is 19.1 Å². The van der Waals surface area contributed by atoms with Crippen molar-refractivity contribution in [3.63, 3.8) is 0 Å². The highest BCUT2D eigenvalue weighted by molar-refractivity contribution is 6.84. The number of rotatable bonds is 2. The molecule has 0 aliphatic heterocycles. The minimum absolute atomic E-state index is 0.855. The maximum Gasteiger partial charge on any atom is 0.106 e. The molecule has 0 fully saturated rings. The van der Waals surface area contributed by atoms with Crippen molar-refractivity contribution < 1.29 is 5.11 Å². The first-order chi connectivity index (χ1) is 9.83. The van der Waals surface area contributed by atoms with Crippen LogP contribution in [0.2, 0.25) is 19.6 Å². The van der Waals surface area contributed by atoms with Crippen LogP contribution in [0.15, 0.2) is 59.8 Å². The predicted molar refractivity (Wildman–Crippen MR) is 91.8 cm³/mol. The third-order valence-corrected chi connectivity index (χ3v) is 6.51. The molecule has 1 aliphatic carbocycles. The molecule has 1 unspecified atom stereocenters. The Balaban J connectivity index is 2.38. The second kappa shape index (κ2) is 4.69. The van der Waals surface area contributed by atoms with Crippen molar-refractivity contribution >= 4 is 13.6 Å². The first-order valence-corrected chi connectivity index (χ1v) is 11.0. The van der Waals surface area contributed by atoms with Crippen molar-refractivity contribution in [2.24, 2.45) is 0 Å². The van der Waals surface area contributed by atoms with E-state index in [9.17, 15) is 5.11 Å². The first-order valence-electron chi connectivity index (χ1n) is 7.46. The Kier molecular flexibility index (Phi) is 3.19. The summed E-state index contributed by atoms with van der Waals surface area (Å²) in [5, 5.41) is 12.5. The van der Waals surface area contributed by atoms with Gasteiger partial charge >= 0.3 is 0 Å². The van der Waals surface area contributed by atoms with Gasteiger partial charge in [0.25, 0.3) is 0 Å². The van der Waals surface area contributed by atoms with Crippen molar-refractivity contribution in [1.82, 2.24) is 0 Å². The zero-order valence-electron chi connectivity index (χ0n) is 13.1.